The summed E-state index contributed by atoms with van der Waals surface area (Å²) in [6, 6.07) is -0.0823. The molecule has 0 radical (unpaired) electrons. The first-order valence-electron chi connectivity index (χ1n) is 4.73. The first-order chi connectivity index (χ1) is 6.92. The average molecular weight is 231 g/mol. The molecule has 0 aliphatic carbocycles. The summed E-state index contributed by atoms with van der Waals surface area (Å²) in [4.78, 5) is 4.16. The van der Waals surface area contributed by atoms with Gasteiger partial charge >= 0.3 is 0 Å². The molecule has 86 valence electrons. The number of nitrogens with one attached hydrogen (secondary N) is 1. The van der Waals surface area contributed by atoms with Gasteiger partial charge in [-0.15, -0.1) is 0 Å². The summed E-state index contributed by atoms with van der Waals surface area (Å²) in [7, 11) is 0.710. The predicted molar refractivity (Wildman–Crippen MR) is 59.5 cm³/mol. The van der Waals surface area contributed by atoms with Gasteiger partial charge in [-0.2, -0.15) is 0 Å². The summed E-state index contributed by atoms with van der Waals surface area (Å²) < 4.78 is 24.2. The first kappa shape index (κ1) is 12.2. The fourth-order valence-electron chi connectivity index (χ4n) is 1.42. The van der Waals surface area contributed by atoms with Crippen molar-refractivity contribution in [3.8, 4) is 0 Å². The topological polar surface area (TPSA) is 64.0 Å². The zero-order valence-electron chi connectivity index (χ0n) is 9.27. The molecule has 1 unspecified atom stereocenters. The molecule has 1 atom stereocenters. The Balaban J connectivity index is 2.66. The van der Waals surface area contributed by atoms with E-state index in [-0.39, 0.29) is 11.8 Å². The van der Waals surface area contributed by atoms with Crippen LogP contribution in [0, 0.1) is 0 Å². The normalized spacial score (nSPS) is 14.1. The molecule has 1 heterocycles. The molecule has 1 rings (SSSR count). The van der Waals surface area contributed by atoms with E-state index in [1.54, 1.807) is 13.2 Å². The van der Waals surface area contributed by atoms with Crippen LogP contribution in [0.5, 0.6) is 0 Å². The second-order valence-corrected chi connectivity index (χ2v) is 5.92. The van der Waals surface area contributed by atoms with Crippen LogP contribution in [-0.2, 0) is 23.3 Å². The molecule has 0 fully saturated rings. The van der Waals surface area contributed by atoms with Crippen LogP contribution in [0.25, 0.3) is 0 Å². The third kappa shape index (κ3) is 4.01. The number of hydrogen-bond donors (Lipinski definition) is 1. The number of aryl methyl sites for hydroxylation is 1. The highest BCUT2D eigenvalue weighted by Gasteiger charge is 2.15. The molecule has 0 aromatic carbocycles. The number of sulfone groups is 1. The van der Waals surface area contributed by atoms with E-state index >= 15 is 0 Å². The van der Waals surface area contributed by atoms with Gasteiger partial charge in [0.1, 0.15) is 15.7 Å². The van der Waals surface area contributed by atoms with Crippen LogP contribution in [0.1, 0.15) is 5.82 Å². The number of nitrogens with zero attached hydrogens (tertiary/aromatic N) is 2. The Kier molecular flexibility index (Phi) is 3.87. The van der Waals surface area contributed by atoms with Crippen LogP contribution in [0.2, 0.25) is 0 Å². The Labute approximate surface area is 90.4 Å². The van der Waals surface area contributed by atoms with Crippen molar-refractivity contribution in [2.45, 2.75) is 12.5 Å². The lowest BCUT2D eigenvalue weighted by Gasteiger charge is -2.14. The molecule has 6 heteroatoms. The largest absolute Gasteiger partial charge is 0.338 e. The smallest absolute Gasteiger partial charge is 0.148 e. The highest BCUT2D eigenvalue weighted by atomic mass is 32.2. The van der Waals surface area contributed by atoms with Crippen LogP contribution in [0.15, 0.2) is 12.4 Å². The Morgan fingerprint density at radius 1 is 1.60 bits per heavy atom. The molecular formula is C9H17N3O2S. The maximum Gasteiger partial charge on any atom is 0.148 e. The molecule has 0 saturated heterocycles. The lowest BCUT2D eigenvalue weighted by atomic mass is 10.2. The van der Waals surface area contributed by atoms with Gasteiger partial charge in [0.25, 0.3) is 0 Å². The molecule has 0 aliphatic rings. The van der Waals surface area contributed by atoms with E-state index in [4.69, 9.17) is 0 Å². The molecule has 1 aromatic rings. The Morgan fingerprint density at radius 3 is 2.67 bits per heavy atom. The Morgan fingerprint density at radius 2 is 2.27 bits per heavy atom. The summed E-state index contributed by atoms with van der Waals surface area (Å²) in [5.41, 5.74) is 0. The molecule has 0 bridgehead atoms. The van der Waals surface area contributed by atoms with Gasteiger partial charge in [-0.25, -0.2) is 13.4 Å². The van der Waals surface area contributed by atoms with Crippen molar-refractivity contribution < 1.29 is 8.42 Å². The van der Waals surface area contributed by atoms with Gasteiger partial charge in [0.15, 0.2) is 0 Å². The second-order valence-electron chi connectivity index (χ2n) is 3.74. The zero-order valence-corrected chi connectivity index (χ0v) is 10.1. The number of rotatable bonds is 5. The van der Waals surface area contributed by atoms with Gasteiger partial charge in [-0.3, -0.25) is 0 Å². The van der Waals surface area contributed by atoms with Crippen molar-refractivity contribution in [3.63, 3.8) is 0 Å². The Bertz CT molecular complexity index is 411. The molecular weight excluding hydrogens is 214 g/mol. The minimum absolute atomic E-state index is 0.0823. The van der Waals surface area contributed by atoms with E-state index in [0.29, 0.717) is 6.42 Å². The van der Waals surface area contributed by atoms with Crippen LogP contribution in [-0.4, -0.2) is 43.1 Å². The van der Waals surface area contributed by atoms with Crippen molar-refractivity contribution in [1.82, 2.24) is 14.9 Å². The fraction of sp³-hybridized carbons (Fsp3) is 0.667. The number of likely N-dealkylation sites (N-methyl/N-ethyl adjacent to an activating group) is 1. The predicted octanol–water partition coefficient (Wildman–Crippen LogP) is -0.405. The number of hydrogen-bond acceptors (Lipinski definition) is 4. The van der Waals surface area contributed by atoms with Crippen molar-refractivity contribution in [2.75, 3.05) is 19.1 Å². The van der Waals surface area contributed by atoms with Crippen LogP contribution in [0.4, 0.5) is 0 Å². The van der Waals surface area contributed by atoms with Crippen LogP contribution in [0.3, 0.4) is 0 Å². The number of aromatic nitrogens is 2. The molecule has 0 aliphatic heterocycles. The number of imidazole rings is 1. The molecule has 1 N–H and O–H groups in total. The molecule has 0 spiro atoms. The van der Waals surface area contributed by atoms with Gasteiger partial charge in [0, 0.05) is 38.2 Å². The van der Waals surface area contributed by atoms with E-state index in [1.807, 2.05) is 17.8 Å². The van der Waals surface area contributed by atoms with Gasteiger partial charge < -0.3 is 9.88 Å². The van der Waals surface area contributed by atoms with E-state index in [2.05, 4.69) is 10.3 Å². The Hall–Kier alpha value is -0.880. The quantitative estimate of drug-likeness (QED) is 0.748. The highest BCUT2D eigenvalue weighted by molar-refractivity contribution is 7.90. The third-order valence-corrected chi connectivity index (χ3v) is 3.27. The van der Waals surface area contributed by atoms with Gasteiger partial charge in [-0.05, 0) is 7.05 Å². The minimum Gasteiger partial charge on any atom is -0.338 e. The van der Waals surface area contributed by atoms with E-state index < -0.39 is 9.84 Å². The fourth-order valence-corrected chi connectivity index (χ4v) is 2.44. The summed E-state index contributed by atoms with van der Waals surface area (Å²) in [6.45, 7) is 0. The lowest BCUT2D eigenvalue weighted by molar-refractivity contribution is 0.553. The first-order valence-corrected chi connectivity index (χ1v) is 6.79. The highest BCUT2D eigenvalue weighted by Crippen LogP contribution is 2.01. The molecule has 15 heavy (non-hydrogen) atoms. The van der Waals surface area contributed by atoms with E-state index in [1.165, 1.54) is 6.26 Å². The standard InChI is InChI=1S/C9H17N3O2S/c1-10-8(7-15(3,13)14)6-9-11-4-5-12(9)2/h4-5,8,10H,6-7H2,1-3H3. The molecule has 5 nitrogen and oxygen atoms in total. The second kappa shape index (κ2) is 4.76. The van der Waals surface area contributed by atoms with Crippen LogP contribution >= 0.6 is 0 Å². The maximum atomic E-state index is 11.1. The summed E-state index contributed by atoms with van der Waals surface area (Å²) >= 11 is 0. The van der Waals surface area contributed by atoms with Crippen molar-refractivity contribution >= 4 is 9.84 Å². The van der Waals surface area contributed by atoms with Crippen molar-refractivity contribution in [2.24, 2.45) is 7.05 Å². The van der Waals surface area contributed by atoms with Crippen molar-refractivity contribution in [3.05, 3.63) is 18.2 Å². The minimum atomic E-state index is -2.95. The van der Waals surface area contributed by atoms with E-state index in [0.717, 1.165) is 5.82 Å². The third-order valence-electron chi connectivity index (χ3n) is 2.26. The SMILES string of the molecule is CNC(Cc1nccn1C)CS(C)(=O)=O. The van der Waals surface area contributed by atoms with E-state index in [9.17, 15) is 8.42 Å². The summed E-state index contributed by atoms with van der Waals surface area (Å²) in [5, 5.41) is 2.99. The molecule has 0 amide bonds. The summed E-state index contributed by atoms with van der Waals surface area (Å²) in [6.07, 6.45) is 5.42. The summed E-state index contributed by atoms with van der Waals surface area (Å²) in [5.74, 6) is 1.02. The van der Waals surface area contributed by atoms with Gasteiger partial charge in [0.05, 0.1) is 5.75 Å². The van der Waals surface area contributed by atoms with Gasteiger partial charge in [0.2, 0.25) is 0 Å². The maximum absolute atomic E-state index is 11.1. The molecule has 0 saturated carbocycles. The van der Waals surface area contributed by atoms with Crippen LogP contribution < -0.4 is 5.32 Å². The van der Waals surface area contributed by atoms with Gasteiger partial charge in [-0.1, -0.05) is 0 Å². The average Bonchev–Trinajstić information content (AvgIpc) is 2.48. The lowest BCUT2D eigenvalue weighted by Crippen LogP contribution is -2.35. The molecule has 1 aromatic heterocycles. The van der Waals surface area contributed by atoms with Crippen molar-refractivity contribution in [1.29, 1.82) is 0 Å². The zero-order chi connectivity index (χ0) is 11.5. The monoisotopic (exact) mass is 231 g/mol.